The number of aryl methyl sites for hydroxylation is 2. The maximum absolute atomic E-state index is 3.25. The highest BCUT2D eigenvalue weighted by molar-refractivity contribution is 14.1. The van der Waals surface area contributed by atoms with Crippen molar-refractivity contribution in [1.82, 2.24) is 4.98 Å². The molecule has 1 aromatic carbocycles. The fourth-order valence-corrected chi connectivity index (χ4v) is 2.31. The Labute approximate surface area is 85.3 Å². The van der Waals surface area contributed by atoms with Crippen LogP contribution in [0.4, 0.5) is 0 Å². The maximum Gasteiger partial charge on any atom is 0.0467 e. The molecule has 0 spiro atoms. The minimum atomic E-state index is 1.24. The quantitative estimate of drug-likeness (QED) is 0.707. The van der Waals surface area contributed by atoms with Crippen molar-refractivity contribution in [3.8, 4) is 0 Å². The van der Waals surface area contributed by atoms with Gasteiger partial charge < -0.3 is 4.98 Å². The molecule has 1 heterocycles. The molecular formula is C10H10IN. The lowest BCUT2D eigenvalue weighted by molar-refractivity contribution is 1.37. The first kappa shape index (κ1) is 8.10. The Balaban J connectivity index is 2.96. The molecule has 0 bridgehead atoms. The largest absolute Gasteiger partial charge is 0.360 e. The van der Waals surface area contributed by atoms with E-state index < -0.39 is 0 Å². The van der Waals surface area contributed by atoms with Gasteiger partial charge in [-0.15, -0.1) is 0 Å². The Morgan fingerprint density at radius 1 is 1.25 bits per heavy atom. The zero-order chi connectivity index (χ0) is 8.72. The van der Waals surface area contributed by atoms with Crippen LogP contribution >= 0.6 is 22.6 Å². The molecule has 0 aliphatic carbocycles. The minimum absolute atomic E-state index is 1.24. The van der Waals surface area contributed by atoms with Crippen molar-refractivity contribution in [2.45, 2.75) is 13.8 Å². The van der Waals surface area contributed by atoms with Crippen LogP contribution in [0.15, 0.2) is 18.3 Å². The van der Waals surface area contributed by atoms with Gasteiger partial charge in [0.2, 0.25) is 0 Å². The van der Waals surface area contributed by atoms with E-state index in [4.69, 9.17) is 0 Å². The Bertz CT molecular complexity index is 429. The molecule has 0 amide bonds. The average molecular weight is 271 g/mol. The number of rotatable bonds is 0. The highest BCUT2D eigenvalue weighted by Crippen LogP contribution is 2.25. The minimum Gasteiger partial charge on any atom is -0.360 e. The van der Waals surface area contributed by atoms with Crippen LogP contribution in [0.3, 0.4) is 0 Å². The fraction of sp³-hybridized carbons (Fsp3) is 0.200. The van der Waals surface area contributed by atoms with Gasteiger partial charge in [-0.05, 0) is 53.6 Å². The summed E-state index contributed by atoms with van der Waals surface area (Å²) in [4.78, 5) is 3.25. The first-order valence-electron chi connectivity index (χ1n) is 3.93. The molecule has 0 saturated heterocycles. The van der Waals surface area contributed by atoms with Crippen molar-refractivity contribution >= 4 is 33.5 Å². The lowest BCUT2D eigenvalue weighted by Gasteiger charge is -2.01. The molecule has 0 fully saturated rings. The van der Waals surface area contributed by atoms with Crippen molar-refractivity contribution in [3.05, 3.63) is 33.0 Å². The number of nitrogens with one attached hydrogen (secondary N) is 1. The molecule has 2 rings (SSSR count). The molecule has 0 aliphatic rings. The van der Waals surface area contributed by atoms with Crippen LogP contribution in [-0.2, 0) is 0 Å². The van der Waals surface area contributed by atoms with E-state index in [1.165, 1.54) is 25.6 Å². The van der Waals surface area contributed by atoms with E-state index in [0.717, 1.165) is 0 Å². The van der Waals surface area contributed by atoms with Gasteiger partial charge in [-0.1, -0.05) is 6.07 Å². The molecule has 1 aromatic heterocycles. The average Bonchev–Trinajstić information content (AvgIpc) is 2.41. The lowest BCUT2D eigenvalue weighted by atomic mass is 10.1. The van der Waals surface area contributed by atoms with Crippen molar-refractivity contribution in [2.75, 3.05) is 0 Å². The topological polar surface area (TPSA) is 15.8 Å². The number of fused-ring (bicyclic) bond motifs is 1. The summed E-state index contributed by atoms with van der Waals surface area (Å²) in [6, 6.07) is 4.30. The predicted molar refractivity (Wildman–Crippen MR) is 60.5 cm³/mol. The normalized spacial score (nSPS) is 10.9. The first-order valence-corrected chi connectivity index (χ1v) is 5.01. The molecule has 0 atom stereocenters. The Hall–Kier alpha value is -0.510. The van der Waals surface area contributed by atoms with Crippen LogP contribution in [0.5, 0.6) is 0 Å². The number of halogens is 1. The van der Waals surface area contributed by atoms with Crippen LogP contribution in [-0.4, -0.2) is 4.98 Å². The monoisotopic (exact) mass is 271 g/mol. The third-order valence-corrected chi connectivity index (χ3v) is 3.18. The fourth-order valence-electron chi connectivity index (χ4n) is 1.46. The summed E-state index contributed by atoms with van der Waals surface area (Å²) in [5.74, 6) is 0. The SMILES string of the molecule is Cc1ccc2[nH]cc(I)c2c1C. The first-order chi connectivity index (χ1) is 5.70. The second-order valence-electron chi connectivity index (χ2n) is 3.07. The summed E-state index contributed by atoms with van der Waals surface area (Å²) in [5, 5.41) is 1.37. The van der Waals surface area contributed by atoms with Gasteiger partial charge in [-0.25, -0.2) is 0 Å². The molecule has 0 aliphatic heterocycles. The van der Waals surface area contributed by atoms with Crippen LogP contribution in [0.2, 0.25) is 0 Å². The van der Waals surface area contributed by atoms with Gasteiger partial charge in [0.25, 0.3) is 0 Å². The van der Waals surface area contributed by atoms with Crippen molar-refractivity contribution < 1.29 is 0 Å². The van der Waals surface area contributed by atoms with Gasteiger partial charge in [-0.2, -0.15) is 0 Å². The van der Waals surface area contributed by atoms with Crippen molar-refractivity contribution in [3.63, 3.8) is 0 Å². The highest BCUT2D eigenvalue weighted by atomic mass is 127. The van der Waals surface area contributed by atoms with Crippen LogP contribution in [0, 0.1) is 17.4 Å². The van der Waals surface area contributed by atoms with E-state index in [2.05, 4.69) is 59.8 Å². The van der Waals surface area contributed by atoms with Crippen molar-refractivity contribution in [1.29, 1.82) is 0 Å². The summed E-state index contributed by atoms with van der Waals surface area (Å²) in [6.07, 6.45) is 2.05. The summed E-state index contributed by atoms with van der Waals surface area (Å²) < 4.78 is 1.31. The molecule has 1 nitrogen and oxygen atoms in total. The van der Waals surface area contributed by atoms with Gasteiger partial charge >= 0.3 is 0 Å². The summed E-state index contributed by atoms with van der Waals surface area (Å²) >= 11 is 2.36. The maximum atomic E-state index is 3.25. The molecule has 12 heavy (non-hydrogen) atoms. The number of benzene rings is 1. The molecule has 0 saturated carbocycles. The highest BCUT2D eigenvalue weighted by Gasteiger charge is 2.04. The van der Waals surface area contributed by atoms with Gasteiger partial charge in [0.1, 0.15) is 0 Å². The number of aromatic amines is 1. The number of H-pyrrole nitrogens is 1. The molecule has 0 unspecified atom stereocenters. The predicted octanol–water partition coefficient (Wildman–Crippen LogP) is 3.39. The van der Waals surface area contributed by atoms with E-state index >= 15 is 0 Å². The Morgan fingerprint density at radius 3 is 2.75 bits per heavy atom. The van der Waals surface area contributed by atoms with Gasteiger partial charge in [0.15, 0.2) is 0 Å². The zero-order valence-electron chi connectivity index (χ0n) is 7.11. The number of aromatic nitrogens is 1. The third-order valence-electron chi connectivity index (χ3n) is 2.33. The second-order valence-corrected chi connectivity index (χ2v) is 4.23. The molecule has 1 N–H and O–H groups in total. The van der Waals surface area contributed by atoms with E-state index in [9.17, 15) is 0 Å². The molecule has 2 heteroatoms. The van der Waals surface area contributed by atoms with Crippen LogP contribution in [0.1, 0.15) is 11.1 Å². The van der Waals surface area contributed by atoms with Gasteiger partial charge in [-0.3, -0.25) is 0 Å². The molecule has 0 radical (unpaired) electrons. The van der Waals surface area contributed by atoms with E-state index in [0.29, 0.717) is 0 Å². The zero-order valence-corrected chi connectivity index (χ0v) is 9.27. The second kappa shape index (κ2) is 2.76. The van der Waals surface area contributed by atoms with Crippen molar-refractivity contribution in [2.24, 2.45) is 0 Å². The third kappa shape index (κ3) is 1.05. The Kier molecular flexibility index (Phi) is 1.87. The smallest absolute Gasteiger partial charge is 0.0467 e. The summed E-state index contributed by atoms with van der Waals surface area (Å²) in [7, 11) is 0. The van der Waals surface area contributed by atoms with E-state index in [1.807, 2.05) is 0 Å². The molecule has 2 aromatic rings. The number of hydrogen-bond acceptors (Lipinski definition) is 0. The van der Waals surface area contributed by atoms with E-state index in [1.54, 1.807) is 0 Å². The van der Waals surface area contributed by atoms with Crippen LogP contribution in [0.25, 0.3) is 10.9 Å². The summed E-state index contributed by atoms with van der Waals surface area (Å²) in [5.41, 5.74) is 3.99. The van der Waals surface area contributed by atoms with Gasteiger partial charge in [0.05, 0.1) is 0 Å². The Morgan fingerprint density at radius 2 is 2.00 bits per heavy atom. The van der Waals surface area contributed by atoms with Crippen LogP contribution < -0.4 is 0 Å². The lowest BCUT2D eigenvalue weighted by Crippen LogP contribution is -1.81. The summed E-state index contributed by atoms with van der Waals surface area (Å²) in [6.45, 7) is 4.32. The molecular weight excluding hydrogens is 261 g/mol. The van der Waals surface area contributed by atoms with E-state index in [-0.39, 0.29) is 0 Å². The molecule has 62 valence electrons. The number of hydrogen-bond donors (Lipinski definition) is 1. The van der Waals surface area contributed by atoms with Gasteiger partial charge in [0, 0.05) is 20.7 Å². The standard InChI is InChI=1S/C10H10IN/c1-6-3-4-9-10(7(6)2)8(11)5-12-9/h3-5,12H,1-2H3.